The molecule has 0 aromatic carbocycles. The molecule has 1 unspecified atom stereocenters. The highest BCUT2D eigenvalue weighted by Gasteiger charge is 2.25. The molecular formula is C12H18N2O3S. The van der Waals surface area contributed by atoms with Gasteiger partial charge in [-0.1, -0.05) is 0 Å². The zero-order valence-corrected chi connectivity index (χ0v) is 11.5. The highest BCUT2D eigenvalue weighted by Crippen LogP contribution is 2.22. The average molecular weight is 270 g/mol. The molecule has 0 bridgehead atoms. The van der Waals surface area contributed by atoms with Crippen molar-refractivity contribution in [2.75, 3.05) is 11.5 Å². The number of rotatable bonds is 3. The standard InChI is InChI=1S/C12H18N2O3S/c1-9(15)12-7-11(13-14(12)2)6-10-4-3-5-18(16,17)8-10/h7,10H,3-6,8H2,1-2H3. The minimum atomic E-state index is -2.87. The van der Waals surface area contributed by atoms with Gasteiger partial charge >= 0.3 is 0 Å². The van der Waals surface area contributed by atoms with Crippen LogP contribution in [0.15, 0.2) is 6.07 Å². The van der Waals surface area contributed by atoms with Gasteiger partial charge in [-0.05, 0) is 31.2 Å². The maximum atomic E-state index is 11.6. The van der Waals surface area contributed by atoms with Crippen molar-refractivity contribution >= 4 is 15.6 Å². The third-order valence-electron chi connectivity index (χ3n) is 3.35. The third kappa shape index (κ3) is 2.98. The molecule has 1 aliphatic rings. The van der Waals surface area contributed by atoms with Crippen LogP contribution in [0.25, 0.3) is 0 Å². The van der Waals surface area contributed by atoms with Crippen molar-refractivity contribution in [3.05, 3.63) is 17.5 Å². The Kier molecular flexibility index (Phi) is 3.56. The Hall–Kier alpha value is -1.17. The lowest BCUT2D eigenvalue weighted by molar-refractivity contribution is 0.100. The molecule has 0 amide bonds. The van der Waals surface area contributed by atoms with Gasteiger partial charge in [-0.3, -0.25) is 9.48 Å². The second-order valence-corrected chi connectivity index (χ2v) is 7.26. The van der Waals surface area contributed by atoms with Gasteiger partial charge in [0.15, 0.2) is 15.6 Å². The van der Waals surface area contributed by atoms with Crippen molar-refractivity contribution in [3.8, 4) is 0 Å². The SMILES string of the molecule is CC(=O)c1cc(CC2CCCS(=O)(=O)C2)nn1C. The van der Waals surface area contributed by atoms with E-state index in [4.69, 9.17) is 0 Å². The van der Waals surface area contributed by atoms with Gasteiger partial charge in [0.1, 0.15) is 5.69 Å². The number of aryl methyl sites for hydroxylation is 1. The molecule has 0 saturated carbocycles. The summed E-state index contributed by atoms with van der Waals surface area (Å²) in [5, 5.41) is 4.27. The molecule has 0 N–H and O–H groups in total. The average Bonchev–Trinajstić information content (AvgIpc) is 2.58. The first kappa shape index (κ1) is 13.3. The van der Waals surface area contributed by atoms with E-state index in [0.717, 1.165) is 18.5 Å². The molecule has 1 fully saturated rings. The number of aromatic nitrogens is 2. The quantitative estimate of drug-likeness (QED) is 0.768. The van der Waals surface area contributed by atoms with Crippen LogP contribution in [-0.4, -0.2) is 35.5 Å². The van der Waals surface area contributed by atoms with Crippen molar-refractivity contribution in [2.24, 2.45) is 13.0 Å². The van der Waals surface area contributed by atoms with Gasteiger partial charge in [0.05, 0.1) is 17.2 Å². The summed E-state index contributed by atoms with van der Waals surface area (Å²) in [7, 11) is -1.14. The number of nitrogens with zero attached hydrogens (tertiary/aromatic N) is 2. The second-order valence-electron chi connectivity index (χ2n) is 5.03. The first-order valence-corrected chi connectivity index (χ1v) is 7.94. The van der Waals surface area contributed by atoms with E-state index in [2.05, 4.69) is 5.10 Å². The molecule has 0 spiro atoms. The Morgan fingerprint density at radius 2 is 2.28 bits per heavy atom. The fraction of sp³-hybridized carbons (Fsp3) is 0.667. The number of hydrogen-bond donors (Lipinski definition) is 0. The van der Waals surface area contributed by atoms with Gasteiger partial charge in [0.2, 0.25) is 0 Å². The zero-order valence-electron chi connectivity index (χ0n) is 10.7. The number of sulfone groups is 1. The molecule has 1 saturated heterocycles. The van der Waals surface area contributed by atoms with Crippen molar-refractivity contribution < 1.29 is 13.2 Å². The van der Waals surface area contributed by atoms with Crippen LogP contribution in [0, 0.1) is 5.92 Å². The lowest BCUT2D eigenvalue weighted by atomic mass is 9.99. The summed E-state index contributed by atoms with van der Waals surface area (Å²) in [5.74, 6) is 0.676. The lowest BCUT2D eigenvalue weighted by Gasteiger charge is -2.20. The van der Waals surface area contributed by atoms with E-state index < -0.39 is 9.84 Å². The monoisotopic (exact) mass is 270 g/mol. The van der Waals surface area contributed by atoms with Crippen LogP contribution < -0.4 is 0 Å². The summed E-state index contributed by atoms with van der Waals surface area (Å²) < 4.78 is 24.7. The number of carbonyl (C=O) groups excluding carboxylic acids is 1. The molecule has 1 aliphatic heterocycles. The summed E-state index contributed by atoms with van der Waals surface area (Å²) >= 11 is 0. The highest BCUT2D eigenvalue weighted by atomic mass is 32.2. The van der Waals surface area contributed by atoms with Gasteiger partial charge < -0.3 is 0 Å². The summed E-state index contributed by atoms with van der Waals surface area (Å²) in [6.45, 7) is 1.51. The fourth-order valence-corrected chi connectivity index (χ4v) is 4.31. The van der Waals surface area contributed by atoms with E-state index in [9.17, 15) is 13.2 Å². The van der Waals surface area contributed by atoms with Gasteiger partial charge in [-0.2, -0.15) is 5.10 Å². The maximum absolute atomic E-state index is 11.6. The molecule has 6 heteroatoms. The molecular weight excluding hydrogens is 252 g/mol. The normalized spacial score (nSPS) is 22.9. The largest absolute Gasteiger partial charge is 0.293 e. The minimum Gasteiger partial charge on any atom is -0.293 e. The molecule has 1 aromatic rings. The number of ketones is 1. The Labute approximate surface area is 107 Å². The van der Waals surface area contributed by atoms with Crippen LogP contribution in [0.1, 0.15) is 35.9 Å². The molecule has 18 heavy (non-hydrogen) atoms. The number of hydrogen-bond acceptors (Lipinski definition) is 4. The summed E-state index contributed by atoms with van der Waals surface area (Å²) in [6, 6.07) is 1.77. The van der Waals surface area contributed by atoms with Crippen LogP contribution >= 0.6 is 0 Å². The van der Waals surface area contributed by atoms with Gasteiger partial charge in [0.25, 0.3) is 0 Å². The second kappa shape index (κ2) is 4.84. The number of carbonyl (C=O) groups is 1. The van der Waals surface area contributed by atoms with Gasteiger partial charge in [-0.25, -0.2) is 8.42 Å². The molecule has 0 radical (unpaired) electrons. The third-order valence-corrected chi connectivity index (χ3v) is 5.24. The van der Waals surface area contributed by atoms with E-state index in [1.165, 1.54) is 6.92 Å². The van der Waals surface area contributed by atoms with E-state index in [-0.39, 0.29) is 17.5 Å². The predicted molar refractivity (Wildman–Crippen MR) is 68.3 cm³/mol. The van der Waals surface area contributed by atoms with E-state index in [1.54, 1.807) is 17.8 Å². The van der Waals surface area contributed by atoms with Gasteiger partial charge in [-0.15, -0.1) is 0 Å². The Balaban J connectivity index is 2.10. The minimum absolute atomic E-state index is 0.0208. The summed E-state index contributed by atoms with van der Waals surface area (Å²) in [6.07, 6.45) is 2.30. The topological polar surface area (TPSA) is 69.0 Å². The summed E-state index contributed by atoms with van der Waals surface area (Å²) in [5.41, 5.74) is 1.38. The molecule has 100 valence electrons. The Morgan fingerprint density at radius 1 is 1.56 bits per heavy atom. The summed E-state index contributed by atoms with van der Waals surface area (Å²) in [4.78, 5) is 11.3. The highest BCUT2D eigenvalue weighted by molar-refractivity contribution is 7.91. The van der Waals surface area contributed by atoms with Gasteiger partial charge in [0, 0.05) is 14.0 Å². The van der Waals surface area contributed by atoms with Crippen LogP contribution in [-0.2, 0) is 23.3 Å². The zero-order chi connectivity index (χ0) is 13.3. The van der Waals surface area contributed by atoms with Crippen LogP contribution in [0.2, 0.25) is 0 Å². The molecule has 2 rings (SSSR count). The maximum Gasteiger partial charge on any atom is 0.177 e. The van der Waals surface area contributed by atoms with Crippen LogP contribution in [0.5, 0.6) is 0 Å². The molecule has 1 atom stereocenters. The molecule has 5 nitrogen and oxygen atoms in total. The van der Waals surface area contributed by atoms with Crippen molar-refractivity contribution in [3.63, 3.8) is 0 Å². The molecule has 0 aliphatic carbocycles. The van der Waals surface area contributed by atoms with Crippen LogP contribution in [0.3, 0.4) is 0 Å². The molecule has 1 aromatic heterocycles. The smallest absolute Gasteiger partial charge is 0.177 e. The first-order valence-electron chi connectivity index (χ1n) is 6.11. The number of Topliss-reactive ketones (excluding diaryl/α,β-unsaturated/α-hetero) is 1. The van der Waals surface area contributed by atoms with Crippen molar-refractivity contribution in [2.45, 2.75) is 26.2 Å². The first-order chi connectivity index (χ1) is 8.37. The van der Waals surface area contributed by atoms with E-state index in [1.807, 2.05) is 0 Å². The lowest BCUT2D eigenvalue weighted by Crippen LogP contribution is -2.26. The van der Waals surface area contributed by atoms with Crippen molar-refractivity contribution in [1.82, 2.24) is 9.78 Å². The Morgan fingerprint density at radius 3 is 2.83 bits per heavy atom. The van der Waals surface area contributed by atoms with Crippen LogP contribution in [0.4, 0.5) is 0 Å². The van der Waals surface area contributed by atoms with E-state index >= 15 is 0 Å². The fourth-order valence-electron chi connectivity index (χ4n) is 2.53. The predicted octanol–water partition coefficient (Wildman–Crippen LogP) is 0.990. The van der Waals surface area contributed by atoms with Crippen molar-refractivity contribution in [1.29, 1.82) is 0 Å². The Bertz CT molecular complexity index is 560. The van der Waals surface area contributed by atoms with E-state index in [0.29, 0.717) is 17.9 Å². The molecule has 2 heterocycles.